The maximum atomic E-state index is 9.16. The molecule has 24 heavy (non-hydrogen) atoms. The van der Waals surface area contributed by atoms with Crippen molar-refractivity contribution in [2.45, 2.75) is 6.92 Å². The quantitative estimate of drug-likeness (QED) is 0.721. The monoisotopic (exact) mass is 336 g/mol. The van der Waals surface area contributed by atoms with Gasteiger partial charge in [0.25, 0.3) is 0 Å². The molecule has 3 aromatic rings. The average molecular weight is 336 g/mol. The highest BCUT2D eigenvalue weighted by Gasteiger charge is 2.12. The van der Waals surface area contributed by atoms with Gasteiger partial charge >= 0.3 is 0 Å². The van der Waals surface area contributed by atoms with Crippen molar-refractivity contribution in [2.75, 3.05) is 17.7 Å². The minimum absolute atomic E-state index is 0.248. The van der Waals surface area contributed by atoms with Crippen LogP contribution in [0.3, 0.4) is 0 Å². The lowest BCUT2D eigenvalue weighted by Gasteiger charge is -2.11. The lowest BCUT2D eigenvalue weighted by Crippen LogP contribution is -2.04. The van der Waals surface area contributed by atoms with Crippen LogP contribution in [0.5, 0.6) is 5.88 Å². The number of benzene rings is 1. The van der Waals surface area contributed by atoms with Gasteiger partial charge in [-0.3, -0.25) is 0 Å². The zero-order chi connectivity index (χ0) is 16.9. The fourth-order valence-electron chi connectivity index (χ4n) is 2.27. The van der Waals surface area contributed by atoms with E-state index in [0.717, 1.165) is 11.3 Å². The molecule has 1 aromatic carbocycles. The maximum absolute atomic E-state index is 9.16. The number of nitrogen functional groups attached to an aromatic ring is 1. The van der Waals surface area contributed by atoms with Crippen molar-refractivity contribution in [1.82, 2.24) is 4.98 Å². The Hall–Kier alpha value is -3.04. The number of ether oxygens (including phenoxy) is 1. The number of anilines is 3. The van der Waals surface area contributed by atoms with E-state index < -0.39 is 0 Å². The van der Waals surface area contributed by atoms with Gasteiger partial charge < -0.3 is 15.8 Å². The molecule has 0 radical (unpaired) electrons. The second kappa shape index (κ2) is 7.02. The van der Waals surface area contributed by atoms with Crippen molar-refractivity contribution in [2.24, 2.45) is 0 Å². The molecule has 0 amide bonds. The van der Waals surface area contributed by atoms with Gasteiger partial charge in [0.2, 0.25) is 5.88 Å². The van der Waals surface area contributed by atoms with Gasteiger partial charge in [-0.1, -0.05) is 18.2 Å². The van der Waals surface area contributed by atoms with Gasteiger partial charge in [0.15, 0.2) is 0 Å². The van der Waals surface area contributed by atoms with Gasteiger partial charge in [0, 0.05) is 16.6 Å². The Bertz CT molecular complexity index is 867. The molecular formula is C18H16N4OS. The van der Waals surface area contributed by atoms with Crippen LogP contribution in [0.2, 0.25) is 0 Å². The topological polar surface area (TPSA) is 84.0 Å². The minimum atomic E-state index is 0.248. The zero-order valence-corrected chi connectivity index (χ0v) is 13.9. The summed E-state index contributed by atoms with van der Waals surface area (Å²) < 4.78 is 5.40. The van der Waals surface area contributed by atoms with E-state index in [1.807, 2.05) is 43.3 Å². The van der Waals surface area contributed by atoms with Gasteiger partial charge in [0.1, 0.15) is 17.5 Å². The van der Waals surface area contributed by atoms with Crippen LogP contribution in [0, 0.1) is 11.3 Å². The normalized spacial score (nSPS) is 10.2. The van der Waals surface area contributed by atoms with E-state index in [9.17, 15) is 0 Å². The predicted octanol–water partition coefficient (Wildman–Crippen LogP) is 4.41. The molecule has 6 heteroatoms. The maximum Gasteiger partial charge on any atom is 0.235 e. The van der Waals surface area contributed by atoms with E-state index in [1.54, 1.807) is 17.4 Å². The Kier molecular flexibility index (Phi) is 4.64. The number of hydrogen-bond acceptors (Lipinski definition) is 6. The highest BCUT2D eigenvalue weighted by molar-refractivity contribution is 7.13. The molecule has 3 N–H and O–H groups in total. The summed E-state index contributed by atoms with van der Waals surface area (Å²) in [6.45, 7) is 2.25. The van der Waals surface area contributed by atoms with Gasteiger partial charge in [-0.25, -0.2) is 0 Å². The van der Waals surface area contributed by atoms with Crippen molar-refractivity contribution in [1.29, 1.82) is 5.26 Å². The van der Waals surface area contributed by atoms with Crippen molar-refractivity contribution in [3.05, 3.63) is 53.4 Å². The molecule has 0 saturated carbocycles. The first-order valence-corrected chi connectivity index (χ1v) is 8.33. The Labute approximate surface area is 144 Å². The highest BCUT2D eigenvalue weighted by Crippen LogP contribution is 2.29. The first kappa shape index (κ1) is 15.8. The van der Waals surface area contributed by atoms with Crippen LogP contribution in [-0.4, -0.2) is 11.6 Å². The largest absolute Gasteiger partial charge is 0.477 e. The molecule has 0 aliphatic carbocycles. The van der Waals surface area contributed by atoms with Crippen LogP contribution in [0.1, 0.15) is 12.5 Å². The van der Waals surface area contributed by atoms with Crippen molar-refractivity contribution < 1.29 is 4.74 Å². The molecule has 0 aliphatic heterocycles. The Morgan fingerprint density at radius 1 is 1.29 bits per heavy atom. The van der Waals surface area contributed by atoms with Crippen LogP contribution in [0.4, 0.5) is 17.2 Å². The molecule has 0 bridgehead atoms. The van der Waals surface area contributed by atoms with Crippen molar-refractivity contribution >= 4 is 28.5 Å². The van der Waals surface area contributed by atoms with E-state index in [1.165, 1.54) is 4.88 Å². The lowest BCUT2D eigenvalue weighted by molar-refractivity contribution is 0.326. The number of thiophene rings is 1. The molecule has 0 aliphatic rings. The van der Waals surface area contributed by atoms with Crippen LogP contribution >= 0.6 is 11.3 Å². The molecular weight excluding hydrogens is 320 g/mol. The van der Waals surface area contributed by atoms with Gasteiger partial charge in [0.05, 0.1) is 12.3 Å². The molecule has 2 heterocycles. The SMILES string of the molecule is CCOc1nc(Nc2ccc(-c3cccs3)cc2)cc(N)c1C#N. The van der Waals surface area contributed by atoms with E-state index in [2.05, 4.69) is 21.7 Å². The third kappa shape index (κ3) is 3.31. The fraction of sp³-hybridized carbons (Fsp3) is 0.111. The second-order valence-electron chi connectivity index (χ2n) is 5.00. The van der Waals surface area contributed by atoms with E-state index in [-0.39, 0.29) is 11.4 Å². The third-order valence-corrected chi connectivity index (χ3v) is 4.29. The van der Waals surface area contributed by atoms with Crippen molar-refractivity contribution in [3.8, 4) is 22.4 Å². The highest BCUT2D eigenvalue weighted by atomic mass is 32.1. The number of pyridine rings is 1. The second-order valence-corrected chi connectivity index (χ2v) is 5.95. The van der Waals surface area contributed by atoms with Crippen LogP contribution < -0.4 is 15.8 Å². The Balaban J connectivity index is 1.84. The lowest BCUT2D eigenvalue weighted by atomic mass is 10.1. The number of hydrogen-bond donors (Lipinski definition) is 2. The molecule has 0 fully saturated rings. The molecule has 0 saturated heterocycles. The summed E-state index contributed by atoms with van der Waals surface area (Å²) >= 11 is 1.70. The first-order valence-electron chi connectivity index (χ1n) is 7.45. The Morgan fingerprint density at radius 3 is 2.71 bits per heavy atom. The minimum Gasteiger partial charge on any atom is -0.477 e. The molecule has 120 valence electrons. The molecule has 0 atom stereocenters. The third-order valence-electron chi connectivity index (χ3n) is 3.37. The Morgan fingerprint density at radius 2 is 2.08 bits per heavy atom. The summed E-state index contributed by atoms with van der Waals surface area (Å²) in [5, 5.41) is 14.4. The summed E-state index contributed by atoms with van der Waals surface area (Å²) in [4.78, 5) is 5.55. The number of nitriles is 1. The molecule has 0 spiro atoms. The van der Waals surface area contributed by atoms with Crippen LogP contribution in [0.15, 0.2) is 47.8 Å². The summed E-state index contributed by atoms with van der Waals surface area (Å²) in [6, 6.07) is 15.8. The van der Waals surface area contributed by atoms with E-state index >= 15 is 0 Å². The summed E-state index contributed by atoms with van der Waals surface area (Å²) in [5.41, 5.74) is 8.57. The van der Waals surface area contributed by atoms with E-state index in [4.69, 9.17) is 15.7 Å². The number of nitrogens with two attached hydrogens (primary N) is 1. The fourth-order valence-corrected chi connectivity index (χ4v) is 3.00. The predicted molar refractivity (Wildman–Crippen MR) is 97.6 cm³/mol. The number of nitrogens with zero attached hydrogens (tertiary/aromatic N) is 2. The van der Waals surface area contributed by atoms with Gasteiger partial charge in [-0.15, -0.1) is 11.3 Å². The van der Waals surface area contributed by atoms with Crippen LogP contribution in [-0.2, 0) is 0 Å². The van der Waals surface area contributed by atoms with Crippen LogP contribution in [0.25, 0.3) is 10.4 Å². The smallest absolute Gasteiger partial charge is 0.235 e. The number of nitrogens with one attached hydrogen (secondary N) is 1. The molecule has 3 rings (SSSR count). The zero-order valence-electron chi connectivity index (χ0n) is 13.1. The van der Waals surface area contributed by atoms with E-state index in [0.29, 0.717) is 18.1 Å². The summed E-state index contributed by atoms with van der Waals surface area (Å²) in [7, 11) is 0. The summed E-state index contributed by atoms with van der Waals surface area (Å²) in [5.74, 6) is 0.788. The number of rotatable bonds is 5. The molecule has 0 unspecified atom stereocenters. The molecule has 2 aromatic heterocycles. The average Bonchev–Trinajstić information content (AvgIpc) is 3.10. The number of aromatic nitrogens is 1. The molecule has 5 nitrogen and oxygen atoms in total. The standard InChI is InChI=1S/C18H16N4OS/c1-2-23-18-14(11-19)15(20)10-17(22-18)21-13-7-5-12(6-8-13)16-4-3-9-24-16/h3-10H,2H2,1H3,(H3,20,21,22). The van der Waals surface area contributed by atoms with Gasteiger partial charge in [-0.05, 0) is 36.1 Å². The summed E-state index contributed by atoms with van der Waals surface area (Å²) in [6.07, 6.45) is 0. The van der Waals surface area contributed by atoms with Gasteiger partial charge in [-0.2, -0.15) is 10.2 Å². The van der Waals surface area contributed by atoms with Crippen molar-refractivity contribution in [3.63, 3.8) is 0 Å². The first-order chi connectivity index (χ1) is 11.7.